The molecule has 0 radical (unpaired) electrons. The lowest BCUT2D eigenvalue weighted by Crippen LogP contribution is -2.47. The van der Waals surface area contributed by atoms with Gasteiger partial charge in [0, 0.05) is 0 Å². The molecule has 0 aliphatic heterocycles. The highest BCUT2D eigenvalue weighted by Crippen LogP contribution is 2.08. The van der Waals surface area contributed by atoms with E-state index in [-0.39, 0.29) is 0 Å². The highest BCUT2D eigenvalue weighted by atomic mass is 16.2. The first kappa shape index (κ1) is 21.6. The molecule has 6 heteroatoms. The summed E-state index contributed by atoms with van der Waals surface area (Å²) >= 11 is 0. The number of benzene rings is 2. The van der Waals surface area contributed by atoms with Gasteiger partial charge in [-0.15, -0.1) is 0 Å². The molecule has 0 saturated carbocycles. The molecule has 2 rings (SSSR count). The molecular formula is C25H35N3O3. The van der Waals surface area contributed by atoms with Gasteiger partial charge in [-0.05, 0) is 43.4 Å². The predicted octanol–water partition coefficient (Wildman–Crippen LogP) is 2.08. The van der Waals surface area contributed by atoms with Gasteiger partial charge in [0.05, 0.1) is 18.1 Å². The zero-order valence-corrected chi connectivity index (χ0v) is 18.4. The minimum atomic E-state index is -0.803. The molecule has 6 nitrogen and oxygen atoms in total. The molecule has 0 aromatic heterocycles. The van der Waals surface area contributed by atoms with Gasteiger partial charge in [0.25, 0.3) is 0 Å². The number of ketones is 2. The van der Waals surface area contributed by atoms with Crippen molar-refractivity contribution in [2.75, 3.05) is 7.05 Å². The zero-order valence-electron chi connectivity index (χ0n) is 21.4. The fourth-order valence-electron chi connectivity index (χ4n) is 3.00. The minimum Gasteiger partial charge on any atom is -0.321 e. The Morgan fingerprint density at radius 3 is 1.94 bits per heavy atom. The van der Waals surface area contributed by atoms with E-state index >= 15 is 0 Å². The van der Waals surface area contributed by atoms with Gasteiger partial charge in [0.2, 0.25) is 11.6 Å². The van der Waals surface area contributed by atoms with Crippen LogP contribution in [0.1, 0.15) is 32.8 Å². The molecule has 0 aliphatic rings. The Morgan fingerprint density at radius 2 is 1.52 bits per heavy atom. The fourth-order valence-corrected chi connectivity index (χ4v) is 3.00. The van der Waals surface area contributed by atoms with Gasteiger partial charge in [0.15, 0.2) is 0 Å². The van der Waals surface area contributed by atoms with E-state index in [1.165, 1.54) is 0 Å². The van der Waals surface area contributed by atoms with Crippen LogP contribution in [0.15, 0.2) is 60.7 Å². The summed E-state index contributed by atoms with van der Waals surface area (Å²) in [6, 6.07) is 16.7. The number of likely N-dealkylation sites (N-methyl/N-ethyl adjacent to an activating group) is 1. The molecule has 0 fully saturated rings. The lowest BCUT2D eigenvalue weighted by molar-refractivity contribution is -0.138. The summed E-state index contributed by atoms with van der Waals surface area (Å²) < 4.78 is 21.0. The van der Waals surface area contributed by atoms with Gasteiger partial charge >= 0.3 is 0 Å². The third-order valence-electron chi connectivity index (χ3n) is 4.64. The average Bonchev–Trinajstić information content (AvgIpc) is 2.84. The quantitative estimate of drug-likeness (QED) is 0.332. The second kappa shape index (κ2) is 14.4. The highest BCUT2D eigenvalue weighted by Gasteiger charge is 2.28. The Kier molecular flexibility index (Phi) is 9.98. The molecule has 0 bridgehead atoms. The number of rotatable bonds is 13. The van der Waals surface area contributed by atoms with E-state index in [0.29, 0.717) is 25.2 Å². The van der Waals surface area contributed by atoms with Crippen molar-refractivity contribution in [2.45, 2.75) is 51.2 Å². The Morgan fingerprint density at radius 1 is 0.968 bits per heavy atom. The Balaban J connectivity index is 0.000000380. The molecule has 0 heterocycles. The molecule has 3 atom stereocenters. The lowest BCUT2D eigenvalue weighted by Gasteiger charge is -2.18. The molecule has 2 aromatic rings. The van der Waals surface area contributed by atoms with Crippen LogP contribution < -0.4 is 16.8 Å². The Bertz CT molecular complexity index is 883. The van der Waals surface area contributed by atoms with Crippen LogP contribution in [0.3, 0.4) is 0 Å². The largest absolute Gasteiger partial charge is 0.321 e. The monoisotopic (exact) mass is 428 g/mol. The standard InChI is InChI=1S/C16H24N2O2.C9H11NO/c1-11(2)9-14(18-3)16(20)15(19)13(17)10-12-7-5-4-6-8-12;10-9(7-11)6-8-4-2-1-3-5-8/h4-8,11,13-14,18H,9-10,17H2,1-3H3;1-5,7,9H,6,10H2/t13-,14-;9-/m00/s1/i;7D/hD2. The Hall–Kier alpha value is -2.67. The number of nitrogens with one attached hydrogen (secondary N) is 1. The third-order valence-corrected chi connectivity index (χ3v) is 4.64. The molecular weight excluding hydrogens is 390 g/mol. The van der Waals surface area contributed by atoms with E-state index in [4.69, 9.17) is 4.19 Å². The second-order valence-corrected chi connectivity index (χ2v) is 7.80. The van der Waals surface area contributed by atoms with Crippen molar-refractivity contribution in [1.82, 2.24) is 5.32 Å². The molecule has 2 aromatic carbocycles. The average molecular weight is 429 g/mol. The number of Topliss-reactive ketones (excluding diaryl/α,β-unsaturated/α-hetero) is 2. The summed E-state index contributed by atoms with van der Waals surface area (Å²) in [6.07, 6.45) is 0.593. The van der Waals surface area contributed by atoms with Crippen molar-refractivity contribution < 1.29 is 18.6 Å². The fraction of sp³-hybridized carbons (Fsp3) is 0.400. The summed E-state index contributed by atoms with van der Waals surface area (Å²) in [4.78, 5) is 35.2. The van der Waals surface area contributed by atoms with Crippen molar-refractivity contribution in [2.24, 2.45) is 17.4 Å². The predicted molar refractivity (Wildman–Crippen MR) is 125 cm³/mol. The van der Waals surface area contributed by atoms with E-state index in [0.717, 1.165) is 11.1 Å². The van der Waals surface area contributed by atoms with Crippen molar-refractivity contribution in [1.29, 1.82) is 0 Å². The van der Waals surface area contributed by atoms with Crippen LogP contribution in [0.25, 0.3) is 0 Å². The second-order valence-electron chi connectivity index (χ2n) is 7.80. The molecule has 168 valence electrons. The van der Waals surface area contributed by atoms with Crippen LogP contribution >= 0.6 is 0 Å². The van der Waals surface area contributed by atoms with Crippen LogP contribution in [0.5, 0.6) is 0 Å². The SMILES string of the molecule is [2H]N[C@@H](Cc1ccccc1)C(=O)C(=O)[C@H](CC(C)C)NC.[2H]N[C@@H](Cc1ccccc1)C([2H])=O. The van der Waals surface area contributed by atoms with E-state index in [1.807, 2.05) is 74.5 Å². The van der Waals surface area contributed by atoms with Crippen LogP contribution in [-0.2, 0) is 27.2 Å². The van der Waals surface area contributed by atoms with Gasteiger partial charge in [-0.3, -0.25) is 9.59 Å². The van der Waals surface area contributed by atoms with E-state index in [1.54, 1.807) is 7.05 Å². The van der Waals surface area contributed by atoms with Crippen LogP contribution in [0.4, 0.5) is 0 Å². The number of aldehydes is 1. The highest BCUT2D eigenvalue weighted by molar-refractivity contribution is 6.41. The third kappa shape index (κ3) is 10.3. The van der Waals surface area contributed by atoms with E-state index in [2.05, 4.69) is 16.8 Å². The molecule has 0 aliphatic carbocycles. The first-order chi connectivity index (χ1) is 16.2. The molecule has 0 spiro atoms. The van der Waals surface area contributed by atoms with Gasteiger partial charge in [-0.1, -0.05) is 74.5 Å². The van der Waals surface area contributed by atoms with Crippen molar-refractivity contribution >= 4 is 17.8 Å². The van der Waals surface area contributed by atoms with Crippen LogP contribution in [0.2, 0.25) is 2.82 Å². The number of hydrogen-bond donors (Lipinski definition) is 3. The van der Waals surface area contributed by atoms with E-state index in [9.17, 15) is 14.4 Å². The number of hydrogen-bond acceptors (Lipinski definition) is 6. The molecule has 0 amide bonds. The summed E-state index contributed by atoms with van der Waals surface area (Å²) in [5, 5.41) is 2.90. The van der Waals surface area contributed by atoms with Crippen LogP contribution in [-0.4, -0.2) is 43.0 Å². The molecule has 0 unspecified atom stereocenters. The topological polar surface area (TPSA) is 115 Å². The number of nitrogens with two attached hydrogens (primary N) is 2. The molecule has 31 heavy (non-hydrogen) atoms. The Labute approximate surface area is 189 Å². The van der Waals surface area contributed by atoms with E-state index < -0.39 is 36.0 Å². The van der Waals surface area contributed by atoms with Gasteiger partial charge < -0.3 is 21.6 Å². The smallest absolute Gasteiger partial charge is 0.217 e. The summed E-state index contributed by atoms with van der Waals surface area (Å²) in [5.74, 6) is -0.670. The first-order valence-corrected chi connectivity index (χ1v) is 10.4. The van der Waals surface area contributed by atoms with Gasteiger partial charge in [-0.25, -0.2) is 0 Å². The van der Waals surface area contributed by atoms with Crippen LogP contribution in [0, 0.1) is 5.92 Å². The zero-order chi connectivity index (χ0) is 25.5. The summed E-state index contributed by atoms with van der Waals surface area (Å²) in [6.45, 7) is 4.01. The lowest BCUT2D eigenvalue weighted by atomic mass is 9.93. The van der Waals surface area contributed by atoms with Crippen molar-refractivity contribution in [3.8, 4) is 0 Å². The summed E-state index contributed by atoms with van der Waals surface area (Å²) in [5.41, 5.74) is 6.15. The van der Waals surface area contributed by atoms with Crippen molar-refractivity contribution in [3.63, 3.8) is 0 Å². The van der Waals surface area contributed by atoms with Gasteiger partial charge in [-0.2, -0.15) is 0 Å². The molecule has 5 N–H and O–H groups in total. The maximum Gasteiger partial charge on any atom is 0.217 e. The number of carbonyl (C=O) groups is 3. The number of carbonyl (C=O) groups excluding carboxylic acids is 3. The summed E-state index contributed by atoms with van der Waals surface area (Å²) in [7, 11) is 1.68. The minimum absolute atomic E-state index is 0.315. The van der Waals surface area contributed by atoms with Crippen molar-refractivity contribution in [3.05, 3.63) is 71.8 Å². The first-order valence-electron chi connectivity index (χ1n) is 11.9. The molecule has 0 saturated heterocycles. The maximum absolute atomic E-state index is 12.3. The maximum atomic E-state index is 12.3. The normalized spacial score (nSPS) is 14.8. The van der Waals surface area contributed by atoms with Gasteiger partial charge in [0.1, 0.15) is 10.5 Å².